The van der Waals surface area contributed by atoms with E-state index in [0.717, 1.165) is 33.7 Å². The first-order valence-electron chi connectivity index (χ1n) is 11.9. The molecule has 4 rings (SSSR count). The topological polar surface area (TPSA) is 212 Å². The summed E-state index contributed by atoms with van der Waals surface area (Å²) in [5.74, 6) is -0.740. The number of alkyl halides is 4. The van der Waals surface area contributed by atoms with Crippen LogP contribution in [0.15, 0.2) is 43.7 Å². The van der Waals surface area contributed by atoms with Gasteiger partial charge in [-0.2, -0.15) is 21.6 Å². The Bertz CT molecular complexity index is 1550. The van der Waals surface area contributed by atoms with Gasteiger partial charge in [-0.25, -0.2) is 14.0 Å². The highest BCUT2D eigenvalue weighted by Gasteiger charge is 2.53. The summed E-state index contributed by atoms with van der Waals surface area (Å²) in [6.45, 7) is 2.59. The summed E-state index contributed by atoms with van der Waals surface area (Å²) >= 11 is 0. The van der Waals surface area contributed by atoms with Gasteiger partial charge in [0.2, 0.25) is 0 Å². The molecule has 0 bridgehead atoms. The van der Waals surface area contributed by atoms with Gasteiger partial charge in [0.1, 0.15) is 18.3 Å². The number of halogens is 4. The Labute approximate surface area is 227 Å². The number of aliphatic hydroxyl groups is 2. The molecule has 2 saturated heterocycles. The van der Waals surface area contributed by atoms with Gasteiger partial charge < -0.3 is 19.7 Å². The first kappa shape index (κ1) is 32.3. The van der Waals surface area contributed by atoms with Crippen LogP contribution in [0.4, 0.5) is 17.6 Å². The standard InChI is InChI=1S/C12H15F3N2O6S.C9H11FN2O5/c1-3-7-6(2)9(23-24(20,21)12(13,14)15)10(22-7)17-5-4-8(18)16-11(17)19;10-6-7(15)4(3-13)17-8(6)12-2-1-5(14)11-9(12)16/h4-7,9-10H,3H2,1-2H3,(H,16,18,19);1-2,4,6-8,13,15H,3H2,(H,11,14,16). The van der Waals surface area contributed by atoms with E-state index in [1.165, 1.54) is 6.92 Å². The fourth-order valence-corrected chi connectivity index (χ4v) is 4.89. The normalized spacial score (nSPS) is 30.1. The van der Waals surface area contributed by atoms with Crippen LogP contribution in [0.1, 0.15) is 32.7 Å². The first-order chi connectivity index (χ1) is 19.0. The van der Waals surface area contributed by atoms with Crippen molar-refractivity contribution in [3.05, 3.63) is 66.2 Å². The van der Waals surface area contributed by atoms with Gasteiger partial charge in [-0.1, -0.05) is 13.8 Å². The van der Waals surface area contributed by atoms with Crippen molar-refractivity contribution >= 4 is 10.1 Å². The smallest absolute Gasteiger partial charge is 0.394 e. The molecule has 41 heavy (non-hydrogen) atoms. The van der Waals surface area contributed by atoms with Crippen LogP contribution in [0.25, 0.3) is 0 Å². The van der Waals surface area contributed by atoms with Crippen molar-refractivity contribution in [2.45, 2.75) is 68.8 Å². The molecule has 2 fully saturated rings. The summed E-state index contributed by atoms with van der Waals surface area (Å²) in [7, 11) is -5.87. The summed E-state index contributed by atoms with van der Waals surface area (Å²) in [5, 5.41) is 18.2. The molecular formula is C21H26F4N4O11S. The Morgan fingerprint density at radius 2 is 1.46 bits per heavy atom. The Morgan fingerprint density at radius 1 is 0.976 bits per heavy atom. The van der Waals surface area contributed by atoms with Gasteiger partial charge in [-0.15, -0.1) is 0 Å². The lowest BCUT2D eigenvalue weighted by Gasteiger charge is -2.22. The van der Waals surface area contributed by atoms with Crippen LogP contribution >= 0.6 is 0 Å². The number of hydrogen-bond acceptors (Lipinski definition) is 11. The fourth-order valence-electron chi connectivity index (χ4n) is 4.21. The van der Waals surface area contributed by atoms with Gasteiger partial charge in [0.15, 0.2) is 18.6 Å². The zero-order valence-electron chi connectivity index (χ0n) is 21.2. The largest absolute Gasteiger partial charge is 0.523 e. The second-order valence-electron chi connectivity index (χ2n) is 9.01. The number of aromatic nitrogens is 4. The number of rotatable bonds is 6. The number of aliphatic hydroxyl groups excluding tert-OH is 2. The Morgan fingerprint density at radius 3 is 1.88 bits per heavy atom. The second-order valence-corrected chi connectivity index (χ2v) is 10.6. The lowest BCUT2D eigenvalue weighted by molar-refractivity contribution is -0.0685. The summed E-state index contributed by atoms with van der Waals surface area (Å²) in [6.07, 6.45) is -6.99. The van der Waals surface area contributed by atoms with Gasteiger partial charge in [0, 0.05) is 30.4 Å². The van der Waals surface area contributed by atoms with Crippen LogP contribution in [0.3, 0.4) is 0 Å². The van der Waals surface area contributed by atoms with Gasteiger partial charge >= 0.3 is 27.0 Å². The van der Waals surface area contributed by atoms with Crippen LogP contribution in [-0.4, -0.2) is 80.4 Å². The summed E-state index contributed by atoms with van der Waals surface area (Å²) < 4.78 is 90.5. The molecule has 4 heterocycles. The van der Waals surface area contributed by atoms with Gasteiger partial charge in [0.05, 0.1) is 12.7 Å². The summed E-state index contributed by atoms with van der Waals surface area (Å²) in [5.41, 5.74) is -8.71. The van der Waals surface area contributed by atoms with Crippen molar-refractivity contribution in [1.29, 1.82) is 0 Å². The molecule has 0 amide bonds. The van der Waals surface area contributed by atoms with Crippen LogP contribution in [-0.2, 0) is 23.8 Å². The average Bonchev–Trinajstić information content (AvgIpc) is 3.34. The van der Waals surface area contributed by atoms with E-state index in [1.807, 2.05) is 9.97 Å². The Hall–Kier alpha value is -3.17. The third kappa shape index (κ3) is 6.84. The number of nitrogens with zero attached hydrogens (tertiary/aromatic N) is 2. The number of H-pyrrole nitrogens is 2. The molecule has 230 valence electrons. The van der Waals surface area contributed by atoms with Gasteiger partial charge in [-0.05, 0) is 6.42 Å². The third-order valence-corrected chi connectivity index (χ3v) is 7.39. The highest BCUT2D eigenvalue weighted by atomic mass is 32.2. The average molecular weight is 619 g/mol. The SMILES string of the molecule is CCC1OC(n2ccc(=O)[nH]c2=O)C(OS(=O)(=O)C(F)(F)F)C1C.O=c1ccn(C2OC(CO)C(O)C2F)c(=O)[nH]1. The first-order valence-corrected chi connectivity index (χ1v) is 13.3. The van der Waals surface area contributed by atoms with E-state index < -0.39 is 93.7 Å². The minimum atomic E-state index is -5.87. The highest BCUT2D eigenvalue weighted by Crippen LogP contribution is 2.39. The third-order valence-electron chi connectivity index (χ3n) is 6.35. The van der Waals surface area contributed by atoms with Crippen molar-refractivity contribution in [2.24, 2.45) is 5.92 Å². The van der Waals surface area contributed by atoms with E-state index in [9.17, 15) is 50.3 Å². The molecule has 2 aromatic heterocycles. The Balaban J connectivity index is 0.000000239. The monoisotopic (exact) mass is 618 g/mol. The van der Waals surface area contributed by atoms with Crippen LogP contribution < -0.4 is 22.5 Å². The molecule has 8 atom stereocenters. The van der Waals surface area contributed by atoms with Crippen LogP contribution in [0.5, 0.6) is 0 Å². The number of aromatic amines is 2. The zero-order valence-corrected chi connectivity index (χ0v) is 22.0. The lowest BCUT2D eigenvalue weighted by Crippen LogP contribution is -2.40. The van der Waals surface area contributed by atoms with Crippen LogP contribution in [0.2, 0.25) is 0 Å². The minimum Gasteiger partial charge on any atom is -0.394 e. The van der Waals surface area contributed by atoms with Gasteiger partial charge in [0.25, 0.3) is 11.1 Å². The van der Waals surface area contributed by atoms with Crippen LogP contribution in [0, 0.1) is 5.92 Å². The zero-order chi connectivity index (χ0) is 30.9. The van der Waals surface area contributed by atoms with E-state index in [2.05, 4.69) is 4.18 Å². The van der Waals surface area contributed by atoms with E-state index in [1.54, 1.807) is 6.92 Å². The lowest BCUT2D eigenvalue weighted by atomic mass is 9.99. The summed E-state index contributed by atoms with van der Waals surface area (Å²) in [4.78, 5) is 49.0. The molecule has 2 aliphatic rings. The molecule has 0 saturated carbocycles. The van der Waals surface area contributed by atoms with Crippen molar-refractivity contribution in [1.82, 2.24) is 19.1 Å². The van der Waals surface area contributed by atoms with E-state index >= 15 is 0 Å². The maximum atomic E-state index is 13.6. The van der Waals surface area contributed by atoms with Crippen molar-refractivity contribution in [3.63, 3.8) is 0 Å². The predicted molar refractivity (Wildman–Crippen MR) is 128 cm³/mol. The van der Waals surface area contributed by atoms with E-state index in [-0.39, 0.29) is 0 Å². The molecule has 0 aliphatic carbocycles. The molecule has 0 radical (unpaired) electrons. The molecule has 4 N–H and O–H groups in total. The quantitative estimate of drug-likeness (QED) is 0.172. The molecule has 15 nitrogen and oxygen atoms in total. The molecule has 8 unspecified atom stereocenters. The highest BCUT2D eigenvalue weighted by molar-refractivity contribution is 7.87. The summed E-state index contributed by atoms with van der Waals surface area (Å²) in [6, 6.07) is 2.00. The van der Waals surface area contributed by atoms with E-state index in [4.69, 9.17) is 14.6 Å². The molecule has 20 heteroatoms. The predicted octanol–water partition coefficient (Wildman–Crippen LogP) is -1.16. The van der Waals surface area contributed by atoms with Crippen molar-refractivity contribution < 1.29 is 49.8 Å². The second kappa shape index (κ2) is 12.4. The van der Waals surface area contributed by atoms with E-state index in [0.29, 0.717) is 6.42 Å². The number of ether oxygens (including phenoxy) is 2. The molecular weight excluding hydrogens is 592 g/mol. The van der Waals surface area contributed by atoms with Crippen molar-refractivity contribution in [3.8, 4) is 0 Å². The number of nitrogens with one attached hydrogen (secondary N) is 2. The number of hydrogen-bond donors (Lipinski definition) is 4. The minimum absolute atomic E-state index is 0.363. The Kier molecular flexibility index (Phi) is 9.76. The molecule has 2 aliphatic heterocycles. The maximum absolute atomic E-state index is 13.6. The maximum Gasteiger partial charge on any atom is 0.523 e. The van der Waals surface area contributed by atoms with Crippen molar-refractivity contribution in [2.75, 3.05) is 6.61 Å². The van der Waals surface area contributed by atoms with Gasteiger partial charge in [-0.3, -0.25) is 32.9 Å². The molecule has 0 spiro atoms. The fraction of sp³-hybridized carbons (Fsp3) is 0.619. The molecule has 2 aromatic rings. The molecule has 0 aromatic carbocycles.